The second-order valence-corrected chi connectivity index (χ2v) is 6.14. The lowest BCUT2D eigenvalue weighted by Crippen LogP contribution is -2.08. The van der Waals surface area contributed by atoms with Gasteiger partial charge >= 0.3 is 0 Å². The summed E-state index contributed by atoms with van der Waals surface area (Å²) in [6.07, 6.45) is 2.83. The molecular weight excluding hydrogens is 216 g/mol. The number of sulfone groups is 1. The van der Waals surface area contributed by atoms with Gasteiger partial charge in [0.05, 0.1) is 17.2 Å². The Morgan fingerprint density at radius 1 is 1.60 bits per heavy atom. The Kier molecular flexibility index (Phi) is 2.79. The lowest BCUT2D eigenvalue weighted by molar-refractivity contribution is 0.446. The number of hydrogen-bond acceptors (Lipinski definition) is 5. The summed E-state index contributed by atoms with van der Waals surface area (Å²) < 4.78 is 27.6. The van der Waals surface area contributed by atoms with Crippen molar-refractivity contribution in [2.24, 2.45) is 11.7 Å². The van der Waals surface area contributed by atoms with E-state index < -0.39 is 9.84 Å². The van der Waals surface area contributed by atoms with E-state index in [2.05, 4.69) is 4.98 Å². The number of hydrogen-bond donors (Lipinski definition) is 1. The summed E-state index contributed by atoms with van der Waals surface area (Å²) in [4.78, 5) is 4.15. The maximum Gasteiger partial charge on any atom is 0.194 e. The standard InChI is InChI=1S/C9H14N2O3S/c10-4-8-5-14-9(11-8)3-7-1-2-15(12,13)6-7/h5,7H,1-4,6,10H2. The highest BCUT2D eigenvalue weighted by molar-refractivity contribution is 7.91. The van der Waals surface area contributed by atoms with Gasteiger partial charge in [0.1, 0.15) is 6.26 Å². The Bertz CT molecular complexity index is 438. The van der Waals surface area contributed by atoms with Crippen molar-refractivity contribution in [1.82, 2.24) is 4.98 Å². The predicted molar refractivity (Wildman–Crippen MR) is 54.9 cm³/mol. The molecule has 0 bridgehead atoms. The highest BCUT2D eigenvalue weighted by atomic mass is 32.2. The summed E-state index contributed by atoms with van der Waals surface area (Å²) in [5.41, 5.74) is 6.11. The molecule has 1 aromatic heterocycles. The van der Waals surface area contributed by atoms with E-state index in [1.807, 2.05) is 0 Å². The van der Waals surface area contributed by atoms with E-state index in [9.17, 15) is 8.42 Å². The molecule has 2 heterocycles. The van der Waals surface area contributed by atoms with Crippen molar-refractivity contribution in [1.29, 1.82) is 0 Å². The van der Waals surface area contributed by atoms with Crippen LogP contribution in [0.3, 0.4) is 0 Å². The molecule has 1 aliphatic heterocycles. The smallest absolute Gasteiger partial charge is 0.194 e. The lowest BCUT2D eigenvalue weighted by Gasteiger charge is -2.02. The second-order valence-electron chi connectivity index (χ2n) is 3.91. The Labute approximate surface area is 88.6 Å². The van der Waals surface area contributed by atoms with Crippen LogP contribution in [0.4, 0.5) is 0 Å². The number of aromatic nitrogens is 1. The minimum absolute atomic E-state index is 0.152. The monoisotopic (exact) mass is 230 g/mol. The minimum atomic E-state index is -2.81. The summed E-state index contributed by atoms with van der Waals surface area (Å²) in [5, 5.41) is 0. The molecule has 0 spiro atoms. The van der Waals surface area contributed by atoms with Crippen molar-refractivity contribution in [3.05, 3.63) is 17.8 Å². The van der Waals surface area contributed by atoms with Crippen molar-refractivity contribution < 1.29 is 12.8 Å². The molecule has 1 saturated heterocycles. The molecule has 6 heteroatoms. The predicted octanol–water partition coefficient (Wildman–Crippen LogP) is 0.111. The number of oxazole rings is 1. The van der Waals surface area contributed by atoms with Crippen LogP contribution in [0.15, 0.2) is 10.7 Å². The first-order valence-corrected chi connectivity index (χ1v) is 6.75. The molecule has 0 saturated carbocycles. The minimum Gasteiger partial charge on any atom is -0.449 e. The molecular formula is C9H14N2O3S. The van der Waals surface area contributed by atoms with Gasteiger partial charge in [-0.25, -0.2) is 13.4 Å². The van der Waals surface area contributed by atoms with Crippen LogP contribution < -0.4 is 5.73 Å². The van der Waals surface area contributed by atoms with Crippen molar-refractivity contribution in [3.63, 3.8) is 0 Å². The Morgan fingerprint density at radius 2 is 2.40 bits per heavy atom. The van der Waals surface area contributed by atoms with Crippen LogP contribution in [0.1, 0.15) is 18.0 Å². The van der Waals surface area contributed by atoms with E-state index in [4.69, 9.17) is 10.2 Å². The molecule has 2 N–H and O–H groups in total. The molecule has 1 unspecified atom stereocenters. The van der Waals surface area contributed by atoms with E-state index in [1.54, 1.807) is 0 Å². The van der Waals surface area contributed by atoms with E-state index in [1.165, 1.54) is 6.26 Å². The van der Waals surface area contributed by atoms with E-state index in [-0.39, 0.29) is 11.7 Å². The van der Waals surface area contributed by atoms with Gasteiger partial charge in [0.25, 0.3) is 0 Å². The summed E-state index contributed by atoms with van der Waals surface area (Å²) >= 11 is 0. The van der Waals surface area contributed by atoms with Crippen LogP contribution in [0, 0.1) is 5.92 Å². The summed E-state index contributed by atoms with van der Waals surface area (Å²) in [6.45, 7) is 0.354. The maximum absolute atomic E-state index is 11.2. The number of nitrogens with two attached hydrogens (primary N) is 1. The van der Waals surface area contributed by atoms with Crippen LogP contribution in [-0.4, -0.2) is 24.9 Å². The highest BCUT2D eigenvalue weighted by Gasteiger charge is 2.28. The van der Waals surface area contributed by atoms with Crippen LogP contribution in [0.5, 0.6) is 0 Å². The molecule has 2 rings (SSSR count). The molecule has 1 atom stereocenters. The van der Waals surface area contributed by atoms with Gasteiger partial charge in [0, 0.05) is 13.0 Å². The fourth-order valence-electron chi connectivity index (χ4n) is 1.82. The average Bonchev–Trinajstić information content (AvgIpc) is 2.73. The highest BCUT2D eigenvalue weighted by Crippen LogP contribution is 2.22. The van der Waals surface area contributed by atoms with Crippen molar-refractivity contribution in [2.75, 3.05) is 11.5 Å². The second kappa shape index (κ2) is 3.94. The zero-order valence-electron chi connectivity index (χ0n) is 8.35. The normalized spacial score (nSPS) is 24.5. The number of nitrogens with zero attached hydrogens (tertiary/aromatic N) is 1. The zero-order chi connectivity index (χ0) is 10.9. The summed E-state index contributed by atoms with van der Waals surface area (Å²) in [5.74, 6) is 1.30. The largest absolute Gasteiger partial charge is 0.449 e. The van der Waals surface area contributed by atoms with Crippen molar-refractivity contribution in [3.8, 4) is 0 Å². The molecule has 0 amide bonds. The topological polar surface area (TPSA) is 86.2 Å². The lowest BCUT2D eigenvalue weighted by atomic mass is 10.1. The SMILES string of the molecule is NCc1coc(CC2CCS(=O)(=O)C2)n1. The van der Waals surface area contributed by atoms with Crippen LogP contribution >= 0.6 is 0 Å². The van der Waals surface area contributed by atoms with Gasteiger partial charge in [-0.15, -0.1) is 0 Å². The molecule has 1 fully saturated rings. The first-order valence-electron chi connectivity index (χ1n) is 4.93. The van der Waals surface area contributed by atoms with Gasteiger partial charge < -0.3 is 10.2 Å². The van der Waals surface area contributed by atoms with E-state index >= 15 is 0 Å². The van der Waals surface area contributed by atoms with Gasteiger partial charge in [-0.1, -0.05) is 0 Å². The Hall–Kier alpha value is -0.880. The van der Waals surface area contributed by atoms with Gasteiger partial charge in [0.15, 0.2) is 15.7 Å². The molecule has 15 heavy (non-hydrogen) atoms. The third kappa shape index (κ3) is 2.57. The molecule has 0 aromatic carbocycles. The van der Waals surface area contributed by atoms with Crippen LogP contribution in [0.2, 0.25) is 0 Å². The summed E-state index contributed by atoms with van der Waals surface area (Å²) in [7, 11) is -2.81. The zero-order valence-corrected chi connectivity index (χ0v) is 9.16. The van der Waals surface area contributed by atoms with Gasteiger partial charge in [-0.3, -0.25) is 0 Å². The van der Waals surface area contributed by atoms with Gasteiger partial charge in [0.2, 0.25) is 0 Å². The maximum atomic E-state index is 11.2. The van der Waals surface area contributed by atoms with Crippen LogP contribution in [0.25, 0.3) is 0 Å². The fourth-order valence-corrected chi connectivity index (χ4v) is 3.68. The molecule has 84 valence electrons. The fraction of sp³-hybridized carbons (Fsp3) is 0.667. The third-order valence-corrected chi connectivity index (χ3v) is 4.44. The number of rotatable bonds is 3. The Morgan fingerprint density at radius 3 is 2.93 bits per heavy atom. The van der Waals surface area contributed by atoms with Crippen molar-refractivity contribution >= 4 is 9.84 Å². The molecule has 1 aromatic rings. The van der Waals surface area contributed by atoms with Gasteiger partial charge in [-0.2, -0.15) is 0 Å². The first-order chi connectivity index (χ1) is 7.09. The van der Waals surface area contributed by atoms with E-state index in [0.717, 1.165) is 0 Å². The molecule has 1 aliphatic rings. The Balaban J connectivity index is 1.98. The molecule has 0 aliphatic carbocycles. The van der Waals surface area contributed by atoms with Crippen LogP contribution in [-0.2, 0) is 22.8 Å². The van der Waals surface area contributed by atoms with Gasteiger partial charge in [-0.05, 0) is 12.3 Å². The summed E-state index contributed by atoms with van der Waals surface area (Å²) in [6, 6.07) is 0. The average molecular weight is 230 g/mol. The van der Waals surface area contributed by atoms with E-state index in [0.29, 0.717) is 36.7 Å². The molecule has 5 nitrogen and oxygen atoms in total. The quantitative estimate of drug-likeness (QED) is 0.796. The third-order valence-electron chi connectivity index (χ3n) is 2.60. The molecule has 0 radical (unpaired) electrons. The first kappa shape index (κ1) is 10.6. The van der Waals surface area contributed by atoms with Crippen molar-refractivity contribution in [2.45, 2.75) is 19.4 Å².